The number of nitrogens with zero attached hydrogens (tertiary/aromatic N) is 5. The molecule has 0 fully saturated rings. The number of nitrogens with two attached hydrogens (primary N) is 1. The molecule has 0 saturated heterocycles. The van der Waals surface area contributed by atoms with Gasteiger partial charge in [-0.05, 0) is 25.1 Å². The van der Waals surface area contributed by atoms with E-state index in [0.717, 1.165) is 16.2 Å². The van der Waals surface area contributed by atoms with Gasteiger partial charge < -0.3 is 10.5 Å². The van der Waals surface area contributed by atoms with Crippen LogP contribution in [-0.4, -0.2) is 25.5 Å². The molecule has 2 aromatic heterocycles. The van der Waals surface area contributed by atoms with E-state index in [0.29, 0.717) is 29.1 Å². The smallest absolute Gasteiger partial charge is 0.258 e. The number of anilines is 1. The van der Waals surface area contributed by atoms with E-state index in [9.17, 15) is 9.65 Å². The molecule has 2 bridgehead atoms. The molecule has 0 spiro atoms. The van der Waals surface area contributed by atoms with Crippen LogP contribution in [0.15, 0.2) is 29.3 Å². The summed E-state index contributed by atoms with van der Waals surface area (Å²) in [6.07, 6.45) is 1.65. The maximum absolute atomic E-state index is 13.8. The van der Waals surface area contributed by atoms with E-state index in [1.807, 2.05) is 6.92 Å². The van der Waals surface area contributed by atoms with Crippen LogP contribution in [0.5, 0.6) is 5.88 Å². The normalized spacial score (nSPS) is 16.0. The third-order valence-corrected chi connectivity index (χ3v) is 5.63. The zero-order valence-electron chi connectivity index (χ0n) is 15.3. The largest absolute Gasteiger partial charge is 0.467 e. The fraction of sp³-hybridized carbons (Fsp3) is 0.263. The topological polar surface area (TPSA) is 103 Å². The Morgan fingerprint density at radius 1 is 1.43 bits per heavy atom. The zero-order valence-corrected chi connectivity index (χ0v) is 16.1. The van der Waals surface area contributed by atoms with E-state index in [-0.39, 0.29) is 17.5 Å². The molecular weight excluding hydrogens is 379 g/mol. The summed E-state index contributed by atoms with van der Waals surface area (Å²) in [5.41, 5.74) is 8.93. The molecule has 3 aromatic rings. The summed E-state index contributed by atoms with van der Waals surface area (Å²) in [5.74, 6) is 0.641. The fourth-order valence-corrected chi connectivity index (χ4v) is 4.27. The first-order chi connectivity index (χ1) is 13.5. The highest BCUT2D eigenvalue weighted by molar-refractivity contribution is 7.99. The summed E-state index contributed by atoms with van der Waals surface area (Å²) < 4.78 is 21.3. The van der Waals surface area contributed by atoms with Gasteiger partial charge in [-0.3, -0.25) is 4.68 Å². The van der Waals surface area contributed by atoms with Crippen molar-refractivity contribution in [2.75, 3.05) is 11.5 Å². The molecule has 0 aliphatic carbocycles. The average molecular weight is 396 g/mol. The molecule has 142 valence electrons. The highest BCUT2D eigenvalue weighted by atomic mass is 32.2. The SMILES string of the molecule is CC1Oc2nc(cnc2N)-c2c(nn(C)c2C#N)CCSc2ccc(F)cc21. The van der Waals surface area contributed by atoms with Gasteiger partial charge in [0, 0.05) is 29.7 Å². The van der Waals surface area contributed by atoms with Crippen molar-refractivity contribution in [3.8, 4) is 23.2 Å². The van der Waals surface area contributed by atoms with Gasteiger partial charge in [-0.15, -0.1) is 11.8 Å². The first-order valence-electron chi connectivity index (χ1n) is 8.65. The molecule has 3 heterocycles. The number of ether oxygens (including phenoxy) is 1. The lowest BCUT2D eigenvalue weighted by molar-refractivity contribution is 0.215. The Balaban J connectivity index is 1.90. The second kappa shape index (κ2) is 7.13. The Labute approximate surface area is 165 Å². The molecule has 0 amide bonds. The van der Waals surface area contributed by atoms with Gasteiger partial charge in [-0.2, -0.15) is 10.4 Å². The summed E-state index contributed by atoms with van der Waals surface area (Å²) in [6, 6.07) is 6.82. The lowest BCUT2D eigenvalue weighted by atomic mass is 10.1. The summed E-state index contributed by atoms with van der Waals surface area (Å²) in [6.45, 7) is 1.81. The Morgan fingerprint density at radius 2 is 2.25 bits per heavy atom. The minimum absolute atomic E-state index is 0.127. The van der Waals surface area contributed by atoms with Crippen molar-refractivity contribution in [2.24, 2.45) is 7.05 Å². The molecule has 0 saturated carbocycles. The van der Waals surface area contributed by atoms with Gasteiger partial charge in [-0.1, -0.05) is 0 Å². The number of nitriles is 1. The standard InChI is InChI=1S/C19H17FN6OS/c1-10-12-7-11(20)3-4-16(12)28-6-5-13-17(15(8-21)26(2)25-13)14-9-23-18(22)19(24-14)27-10/h3-4,7,9-10H,5-6H2,1-2H3,(H2,22,23). The van der Waals surface area contributed by atoms with Gasteiger partial charge in [0.2, 0.25) is 0 Å². The number of thioether (sulfide) groups is 1. The van der Waals surface area contributed by atoms with Crippen LogP contribution in [0.2, 0.25) is 0 Å². The van der Waals surface area contributed by atoms with E-state index in [1.165, 1.54) is 18.3 Å². The number of aryl methyl sites for hydroxylation is 2. The van der Waals surface area contributed by atoms with Crippen LogP contribution < -0.4 is 10.5 Å². The van der Waals surface area contributed by atoms with Crippen molar-refractivity contribution in [1.29, 1.82) is 5.26 Å². The molecule has 2 N–H and O–H groups in total. The van der Waals surface area contributed by atoms with Gasteiger partial charge >= 0.3 is 0 Å². The van der Waals surface area contributed by atoms with Gasteiger partial charge in [0.25, 0.3) is 5.88 Å². The Morgan fingerprint density at radius 3 is 3.04 bits per heavy atom. The van der Waals surface area contributed by atoms with Crippen LogP contribution in [0.1, 0.15) is 30.0 Å². The number of benzene rings is 1. The second-order valence-electron chi connectivity index (χ2n) is 6.39. The summed E-state index contributed by atoms with van der Waals surface area (Å²) in [7, 11) is 1.72. The summed E-state index contributed by atoms with van der Waals surface area (Å²) in [5, 5.41) is 14.1. The summed E-state index contributed by atoms with van der Waals surface area (Å²) >= 11 is 1.59. The fourth-order valence-electron chi connectivity index (χ4n) is 3.20. The zero-order chi connectivity index (χ0) is 19.8. The Bertz CT molecular complexity index is 1110. The van der Waals surface area contributed by atoms with Crippen LogP contribution in [0, 0.1) is 17.1 Å². The molecule has 1 atom stereocenters. The van der Waals surface area contributed by atoms with Gasteiger partial charge in [0.15, 0.2) is 5.82 Å². The number of nitrogen functional groups attached to an aromatic ring is 1. The number of aromatic nitrogens is 4. The van der Waals surface area contributed by atoms with Crippen molar-refractivity contribution in [1.82, 2.24) is 19.7 Å². The molecule has 7 nitrogen and oxygen atoms in total. The molecule has 28 heavy (non-hydrogen) atoms. The highest BCUT2D eigenvalue weighted by Gasteiger charge is 2.23. The molecule has 0 radical (unpaired) electrons. The van der Waals surface area contributed by atoms with Crippen LogP contribution in [0.25, 0.3) is 11.3 Å². The average Bonchev–Trinajstić information content (AvgIpc) is 2.99. The predicted octanol–water partition coefficient (Wildman–Crippen LogP) is 3.26. The molecule has 4 rings (SSSR count). The van der Waals surface area contributed by atoms with Crippen molar-refractivity contribution in [2.45, 2.75) is 24.3 Å². The van der Waals surface area contributed by atoms with E-state index in [2.05, 4.69) is 21.1 Å². The van der Waals surface area contributed by atoms with Gasteiger partial charge in [0.05, 0.1) is 23.1 Å². The van der Waals surface area contributed by atoms with Crippen LogP contribution >= 0.6 is 11.8 Å². The number of halogens is 1. The molecule has 1 aliphatic heterocycles. The number of fused-ring (bicyclic) bond motifs is 5. The van der Waals surface area contributed by atoms with Crippen molar-refractivity contribution in [3.05, 3.63) is 47.2 Å². The predicted molar refractivity (Wildman–Crippen MR) is 103 cm³/mol. The first kappa shape index (κ1) is 18.3. The third kappa shape index (κ3) is 3.16. The quantitative estimate of drug-likeness (QED) is 0.622. The third-order valence-electron chi connectivity index (χ3n) is 4.54. The number of hydrogen-bond donors (Lipinski definition) is 1. The summed E-state index contributed by atoms with van der Waals surface area (Å²) in [4.78, 5) is 9.60. The molecule has 1 aliphatic rings. The molecule has 1 unspecified atom stereocenters. The minimum atomic E-state index is -0.478. The maximum Gasteiger partial charge on any atom is 0.258 e. The second-order valence-corrected chi connectivity index (χ2v) is 7.53. The van der Waals surface area contributed by atoms with E-state index >= 15 is 0 Å². The Hall–Kier alpha value is -3.12. The van der Waals surface area contributed by atoms with E-state index in [1.54, 1.807) is 29.6 Å². The molecule has 9 heteroatoms. The lowest BCUT2D eigenvalue weighted by Gasteiger charge is -2.19. The highest BCUT2D eigenvalue weighted by Crippen LogP contribution is 2.35. The van der Waals surface area contributed by atoms with Gasteiger partial charge in [0.1, 0.15) is 23.7 Å². The minimum Gasteiger partial charge on any atom is -0.467 e. The number of hydrogen-bond acceptors (Lipinski definition) is 7. The monoisotopic (exact) mass is 396 g/mol. The van der Waals surface area contributed by atoms with Crippen molar-refractivity contribution in [3.63, 3.8) is 0 Å². The molecule has 1 aromatic carbocycles. The van der Waals surface area contributed by atoms with Crippen LogP contribution in [0.4, 0.5) is 10.2 Å². The Kier molecular flexibility index (Phi) is 4.65. The first-order valence-corrected chi connectivity index (χ1v) is 9.64. The van der Waals surface area contributed by atoms with Crippen molar-refractivity contribution >= 4 is 17.6 Å². The van der Waals surface area contributed by atoms with E-state index < -0.39 is 6.10 Å². The van der Waals surface area contributed by atoms with Crippen LogP contribution in [-0.2, 0) is 13.5 Å². The number of rotatable bonds is 0. The van der Waals surface area contributed by atoms with E-state index in [4.69, 9.17) is 10.5 Å². The van der Waals surface area contributed by atoms with Gasteiger partial charge in [-0.25, -0.2) is 14.4 Å². The maximum atomic E-state index is 13.8. The van der Waals surface area contributed by atoms with Crippen LogP contribution in [0.3, 0.4) is 0 Å². The van der Waals surface area contributed by atoms with Crippen molar-refractivity contribution < 1.29 is 9.13 Å². The lowest BCUT2D eigenvalue weighted by Crippen LogP contribution is -2.10. The molecular formula is C19H17FN6OS.